The van der Waals surface area contributed by atoms with E-state index in [9.17, 15) is 19.2 Å². The summed E-state index contributed by atoms with van der Waals surface area (Å²) in [6.07, 6.45) is 0. The van der Waals surface area contributed by atoms with Gasteiger partial charge in [0.1, 0.15) is 17.5 Å². The first-order valence-electron chi connectivity index (χ1n) is 6.66. The number of aliphatic carboxylic acids is 1. The summed E-state index contributed by atoms with van der Waals surface area (Å²) >= 11 is 1.29. The molecule has 8 heteroatoms. The number of carbonyl (C=O) groups is 4. The summed E-state index contributed by atoms with van der Waals surface area (Å²) in [6, 6.07) is 4.65. The summed E-state index contributed by atoms with van der Waals surface area (Å²) in [4.78, 5) is 50.4. The molecule has 1 aromatic rings. The van der Waals surface area contributed by atoms with Crippen molar-refractivity contribution < 1.29 is 24.3 Å². The van der Waals surface area contributed by atoms with Crippen LogP contribution in [0.4, 0.5) is 0 Å². The van der Waals surface area contributed by atoms with Gasteiger partial charge < -0.3 is 10.0 Å². The number of carboxylic acids is 1. The minimum Gasteiger partial charge on any atom is -0.480 e. The molecular weight excluding hydrogens is 308 g/mol. The van der Waals surface area contributed by atoms with Gasteiger partial charge in [-0.2, -0.15) is 0 Å². The molecule has 2 saturated heterocycles. The minimum absolute atomic E-state index is 0.269. The Morgan fingerprint density at radius 2 is 1.73 bits per heavy atom. The molecule has 4 rings (SSSR count). The third-order valence-electron chi connectivity index (χ3n) is 4.20. The predicted molar refractivity (Wildman–Crippen MR) is 75.2 cm³/mol. The van der Waals surface area contributed by atoms with E-state index in [2.05, 4.69) is 0 Å². The summed E-state index contributed by atoms with van der Waals surface area (Å²) < 4.78 is 0. The Morgan fingerprint density at radius 1 is 1.14 bits per heavy atom. The summed E-state index contributed by atoms with van der Waals surface area (Å²) in [7, 11) is 0. The van der Waals surface area contributed by atoms with Crippen LogP contribution in [-0.4, -0.2) is 61.8 Å². The number of hydrogen-bond acceptors (Lipinski definition) is 5. The van der Waals surface area contributed by atoms with Crippen LogP contribution in [0.25, 0.3) is 0 Å². The quantitative estimate of drug-likeness (QED) is 0.610. The lowest BCUT2D eigenvalue weighted by atomic mass is 10.0. The molecule has 1 N–H and O–H groups in total. The summed E-state index contributed by atoms with van der Waals surface area (Å²) in [6.45, 7) is 0. The molecule has 3 aliphatic heterocycles. The summed E-state index contributed by atoms with van der Waals surface area (Å²) in [5.74, 6) is -2.25. The average molecular weight is 318 g/mol. The number of imide groups is 1. The van der Waals surface area contributed by atoms with E-state index in [1.54, 1.807) is 24.3 Å². The van der Waals surface area contributed by atoms with E-state index in [4.69, 9.17) is 5.11 Å². The predicted octanol–water partition coefficient (Wildman–Crippen LogP) is 0.0195. The number of fused-ring (bicyclic) bond motifs is 2. The van der Waals surface area contributed by atoms with E-state index in [1.807, 2.05) is 0 Å². The molecule has 0 aliphatic carbocycles. The fraction of sp³-hybridized carbons (Fsp3) is 0.286. The normalized spacial score (nSPS) is 29.5. The number of benzene rings is 1. The largest absolute Gasteiger partial charge is 0.480 e. The second-order valence-corrected chi connectivity index (χ2v) is 6.44. The maximum atomic E-state index is 12.4. The SMILES string of the molecule is O=C(O)C1CSC2C(N3C(=O)c4ccccc4C3=O)C(=O)N12. The standard InChI is InChI=1S/C14H10N2O5S/c17-10-6-3-1-2-4-7(6)11(18)16(10)9-12(19)15-8(14(20)21)5-22-13(9)15/h1-4,8-9,13H,5H2,(H,20,21). The van der Waals surface area contributed by atoms with Crippen molar-refractivity contribution in [3.05, 3.63) is 35.4 Å². The van der Waals surface area contributed by atoms with Crippen molar-refractivity contribution in [2.75, 3.05) is 5.75 Å². The van der Waals surface area contributed by atoms with E-state index in [0.717, 1.165) is 4.90 Å². The van der Waals surface area contributed by atoms with Gasteiger partial charge in [0.2, 0.25) is 0 Å². The Labute approximate surface area is 128 Å². The highest BCUT2D eigenvalue weighted by Gasteiger charge is 2.62. The van der Waals surface area contributed by atoms with Crippen molar-refractivity contribution in [1.82, 2.24) is 9.80 Å². The Hall–Kier alpha value is -2.35. The van der Waals surface area contributed by atoms with Crippen molar-refractivity contribution in [2.45, 2.75) is 17.5 Å². The van der Waals surface area contributed by atoms with Gasteiger partial charge in [-0.05, 0) is 12.1 Å². The lowest BCUT2D eigenvalue weighted by molar-refractivity contribution is -0.160. The van der Waals surface area contributed by atoms with Crippen LogP contribution in [0.1, 0.15) is 20.7 Å². The van der Waals surface area contributed by atoms with E-state index >= 15 is 0 Å². The smallest absolute Gasteiger partial charge is 0.327 e. The van der Waals surface area contributed by atoms with E-state index in [0.29, 0.717) is 0 Å². The number of thioether (sulfide) groups is 1. The Bertz CT molecular complexity index is 714. The number of amides is 3. The van der Waals surface area contributed by atoms with Crippen LogP contribution in [-0.2, 0) is 9.59 Å². The van der Waals surface area contributed by atoms with Gasteiger partial charge in [0.15, 0.2) is 0 Å². The molecule has 0 radical (unpaired) electrons. The van der Waals surface area contributed by atoms with Crippen molar-refractivity contribution in [2.24, 2.45) is 0 Å². The van der Waals surface area contributed by atoms with Gasteiger partial charge in [-0.1, -0.05) is 12.1 Å². The van der Waals surface area contributed by atoms with Gasteiger partial charge in [-0.25, -0.2) is 4.79 Å². The lowest BCUT2D eigenvalue weighted by Gasteiger charge is -2.46. The molecule has 1 aromatic carbocycles. The molecule has 3 atom stereocenters. The second kappa shape index (κ2) is 4.33. The van der Waals surface area contributed by atoms with Crippen LogP contribution >= 0.6 is 11.8 Å². The third-order valence-corrected chi connectivity index (χ3v) is 5.54. The second-order valence-electron chi connectivity index (χ2n) is 5.29. The van der Waals surface area contributed by atoms with Gasteiger partial charge >= 0.3 is 5.97 Å². The van der Waals surface area contributed by atoms with Gasteiger partial charge in [0.05, 0.1) is 11.1 Å². The molecule has 2 fully saturated rings. The lowest BCUT2D eigenvalue weighted by Crippen LogP contribution is -2.70. The molecular formula is C14H10N2O5S. The van der Waals surface area contributed by atoms with E-state index in [1.165, 1.54) is 16.7 Å². The van der Waals surface area contributed by atoms with Crippen LogP contribution in [0.3, 0.4) is 0 Å². The molecule has 7 nitrogen and oxygen atoms in total. The zero-order valence-corrected chi connectivity index (χ0v) is 11.9. The van der Waals surface area contributed by atoms with Crippen molar-refractivity contribution in [3.8, 4) is 0 Å². The van der Waals surface area contributed by atoms with Crippen LogP contribution in [0.15, 0.2) is 24.3 Å². The molecule has 0 aromatic heterocycles. The first-order valence-corrected chi connectivity index (χ1v) is 7.70. The van der Waals surface area contributed by atoms with Crippen LogP contribution in [0.2, 0.25) is 0 Å². The monoisotopic (exact) mass is 318 g/mol. The van der Waals surface area contributed by atoms with Gasteiger partial charge in [-0.3, -0.25) is 19.3 Å². The molecule has 0 spiro atoms. The van der Waals surface area contributed by atoms with Crippen molar-refractivity contribution >= 4 is 35.5 Å². The highest BCUT2D eigenvalue weighted by atomic mass is 32.2. The third kappa shape index (κ3) is 1.47. The highest BCUT2D eigenvalue weighted by Crippen LogP contribution is 2.43. The minimum atomic E-state index is -1.07. The van der Waals surface area contributed by atoms with Gasteiger partial charge in [-0.15, -0.1) is 11.8 Å². The molecule has 22 heavy (non-hydrogen) atoms. The van der Waals surface area contributed by atoms with Crippen molar-refractivity contribution in [1.29, 1.82) is 0 Å². The fourth-order valence-corrected chi connectivity index (χ4v) is 4.65. The molecule has 112 valence electrons. The van der Waals surface area contributed by atoms with E-state index < -0.39 is 41.1 Å². The van der Waals surface area contributed by atoms with Crippen LogP contribution in [0, 0.1) is 0 Å². The van der Waals surface area contributed by atoms with Gasteiger partial charge in [0, 0.05) is 5.75 Å². The number of carbonyl (C=O) groups excluding carboxylic acids is 3. The average Bonchev–Trinajstić information content (AvgIpc) is 3.01. The first kappa shape index (κ1) is 13.3. The van der Waals surface area contributed by atoms with Crippen molar-refractivity contribution in [3.63, 3.8) is 0 Å². The topological polar surface area (TPSA) is 95.0 Å². The first-order chi connectivity index (χ1) is 10.5. The highest BCUT2D eigenvalue weighted by molar-refractivity contribution is 8.00. The van der Waals surface area contributed by atoms with Crippen LogP contribution in [0.5, 0.6) is 0 Å². The molecule has 3 heterocycles. The molecule has 0 bridgehead atoms. The molecule has 3 unspecified atom stereocenters. The Kier molecular flexibility index (Phi) is 2.62. The number of nitrogens with zero attached hydrogens (tertiary/aromatic N) is 2. The molecule has 0 saturated carbocycles. The number of β-lactam (4-membered cyclic amide) rings is 1. The van der Waals surface area contributed by atoms with E-state index in [-0.39, 0.29) is 16.9 Å². The number of carboxylic acid groups (broad SMARTS) is 1. The maximum Gasteiger partial charge on any atom is 0.327 e. The molecule has 3 amide bonds. The molecule has 3 aliphatic rings. The Morgan fingerprint density at radius 3 is 2.27 bits per heavy atom. The van der Waals surface area contributed by atoms with Crippen LogP contribution < -0.4 is 0 Å². The summed E-state index contributed by atoms with van der Waals surface area (Å²) in [5.41, 5.74) is 0.577. The zero-order valence-electron chi connectivity index (χ0n) is 11.1. The number of rotatable bonds is 2. The fourth-order valence-electron chi connectivity index (χ4n) is 3.13. The zero-order chi connectivity index (χ0) is 15.6. The van der Waals surface area contributed by atoms with Gasteiger partial charge in [0.25, 0.3) is 17.7 Å². The maximum absolute atomic E-state index is 12.4. The summed E-state index contributed by atoms with van der Waals surface area (Å²) in [5, 5.41) is 8.63. The Balaban J connectivity index is 1.66. The number of hydrogen-bond donors (Lipinski definition) is 1.